The fourth-order valence-corrected chi connectivity index (χ4v) is 2.05. The van der Waals surface area contributed by atoms with Gasteiger partial charge in [-0.2, -0.15) is 0 Å². The van der Waals surface area contributed by atoms with Gasteiger partial charge in [-0.3, -0.25) is 4.79 Å². The topological polar surface area (TPSA) is 38.3 Å². The van der Waals surface area contributed by atoms with Crippen LogP contribution in [0.5, 0.6) is 5.75 Å². The molecule has 0 aliphatic rings. The van der Waals surface area contributed by atoms with Crippen molar-refractivity contribution < 1.29 is 22.7 Å². The molecule has 1 N–H and O–H groups in total. The minimum Gasteiger partial charge on any atom is -0.488 e. The highest BCUT2D eigenvalue weighted by atomic mass is 19.2. The second-order valence-electron chi connectivity index (χ2n) is 6.23. The van der Waals surface area contributed by atoms with Gasteiger partial charge in [0, 0.05) is 12.1 Å². The highest BCUT2D eigenvalue weighted by Gasteiger charge is 2.19. The predicted octanol–water partition coefficient (Wildman–Crippen LogP) is 4.21. The summed E-state index contributed by atoms with van der Waals surface area (Å²) >= 11 is 0. The van der Waals surface area contributed by atoms with Crippen molar-refractivity contribution in [3.63, 3.8) is 0 Å². The van der Waals surface area contributed by atoms with Crippen LogP contribution >= 0.6 is 0 Å². The summed E-state index contributed by atoms with van der Waals surface area (Å²) in [5, 5.41) is 2.48. The number of hydrogen-bond acceptors (Lipinski definition) is 2. The lowest BCUT2D eigenvalue weighted by molar-refractivity contribution is 0.0944. The molecule has 0 unspecified atom stereocenters. The quantitative estimate of drug-likeness (QED) is 0.849. The van der Waals surface area contributed by atoms with Crippen LogP contribution in [0.25, 0.3) is 0 Å². The van der Waals surface area contributed by atoms with Crippen molar-refractivity contribution in [1.29, 1.82) is 0 Å². The van der Waals surface area contributed by atoms with Crippen molar-refractivity contribution in [1.82, 2.24) is 5.32 Å². The molecule has 2 aromatic carbocycles. The van der Waals surface area contributed by atoms with Gasteiger partial charge in [0.2, 0.25) is 0 Å². The van der Waals surface area contributed by atoms with Crippen LogP contribution in [-0.4, -0.2) is 11.5 Å². The molecule has 0 saturated carbocycles. The first-order chi connectivity index (χ1) is 11.2. The first-order valence-electron chi connectivity index (χ1n) is 7.37. The maximum atomic E-state index is 13.6. The molecule has 1 amide bonds. The molecule has 0 atom stereocenters. The van der Waals surface area contributed by atoms with Gasteiger partial charge in [0.05, 0.1) is 5.56 Å². The number of carbonyl (C=O) groups excluding carboxylic acids is 1. The highest BCUT2D eigenvalue weighted by molar-refractivity contribution is 5.94. The number of benzene rings is 2. The summed E-state index contributed by atoms with van der Waals surface area (Å²) in [4.78, 5) is 12.0. The molecule has 2 rings (SSSR count). The Morgan fingerprint density at radius 2 is 1.71 bits per heavy atom. The van der Waals surface area contributed by atoms with Gasteiger partial charge < -0.3 is 10.1 Å². The molecule has 0 radical (unpaired) electrons. The van der Waals surface area contributed by atoms with Gasteiger partial charge in [-0.15, -0.1) is 0 Å². The van der Waals surface area contributed by atoms with Crippen LogP contribution in [-0.2, 0) is 6.54 Å². The first-order valence-corrected chi connectivity index (χ1v) is 7.37. The lowest BCUT2D eigenvalue weighted by Crippen LogP contribution is -2.27. The van der Waals surface area contributed by atoms with E-state index in [1.165, 1.54) is 0 Å². The van der Waals surface area contributed by atoms with E-state index in [9.17, 15) is 18.0 Å². The molecule has 0 bridgehead atoms. The summed E-state index contributed by atoms with van der Waals surface area (Å²) in [5.41, 5.74) is -0.293. The average molecular weight is 337 g/mol. The Labute approximate surface area is 138 Å². The van der Waals surface area contributed by atoms with E-state index in [4.69, 9.17) is 4.74 Å². The first kappa shape index (κ1) is 17.8. The number of ether oxygens (including phenoxy) is 1. The fraction of sp³-hybridized carbons (Fsp3) is 0.278. The van der Waals surface area contributed by atoms with Gasteiger partial charge in [-0.05, 0) is 39.0 Å². The normalized spacial score (nSPS) is 11.2. The second kappa shape index (κ2) is 6.95. The molecule has 0 aromatic heterocycles. The zero-order valence-corrected chi connectivity index (χ0v) is 13.6. The van der Waals surface area contributed by atoms with E-state index in [0.717, 1.165) is 6.07 Å². The lowest BCUT2D eigenvalue weighted by atomic mass is 10.1. The van der Waals surface area contributed by atoms with E-state index < -0.39 is 34.5 Å². The predicted molar refractivity (Wildman–Crippen MR) is 84.3 cm³/mol. The average Bonchev–Trinajstić information content (AvgIpc) is 2.50. The maximum Gasteiger partial charge on any atom is 0.254 e. The third kappa shape index (κ3) is 4.28. The van der Waals surface area contributed by atoms with E-state index in [1.807, 2.05) is 20.8 Å². The third-order valence-electron chi connectivity index (χ3n) is 3.11. The van der Waals surface area contributed by atoms with Gasteiger partial charge in [0.1, 0.15) is 11.4 Å². The third-order valence-corrected chi connectivity index (χ3v) is 3.11. The second-order valence-corrected chi connectivity index (χ2v) is 6.23. The number of rotatable bonds is 4. The summed E-state index contributed by atoms with van der Waals surface area (Å²) < 4.78 is 45.6. The number of para-hydroxylation sites is 1. The Morgan fingerprint density at radius 3 is 2.38 bits per heavy atom. The van der Waals surface area contributed by atoms with Gasteiger partial charge in [0.15, 0.2) is 17.5 Å². The molecule has 0 aliphatic carbocycles. The lowest BCUT2D eigenvalue weighted by Gasteiger charge is -2.23. The summed E-state index contributed by atoms with van der Waals surface area (Å²) in [6.07, 6.45) is 0. The van der Waals surface area contributed by atoms with E-state index >= 15 is 0 Å². The molecule has 0 saturated heterocycles. The summed E-state index contributed by atoms with van der Waals surface area (Å²) in [6.45, 7) is 5.72. The zero-order chi connectivity index (χ0) is 17.9. The maximum absolute atomic E-state index is 13.6. The molecule has 3 nitrogen and oxygen atoms in total. The number of amides is 1. The minimum atomic E-state index is -1.67. The molecule has 0 spiro atoms. The van der Waals surface area contributed by atoms with Crippen molar-refractivity contribution in [2.75, 3.05) is 0 Å². The van der Waals surface area contributed by atoms with Gasteiger partial charge in [-0.1, -0.05) is 18.2 Å². The zero-order valence-electron chi connectivity index (χ0n) is 13.6. The van der Waals surface area contributed by atoms with Gasteiger partial charge in [-0.25, -0.2) is 13.2 Å². The summed E-state index contributed by atoms with van der Waals surface area (Å²) in [6, 6.07) is 8.69. The van der Waals surface area contributed by atoms with Crippen LogP contribution in [0.15, 0.2) is 36.4 Å². The molecule has 2 aromatic rings. The standard InChI is InChI=1S/C18H18F3NO2/c1-18(2,3)24-14-7-5-4-6-11(14)10-22-17(23)12-8-9-13(19)16(21)15(12)20/h4-9H,10H2,1-3H3,(H,22,23). The van der Waals surface area contributed by atoms with Crippen molar-refractivity contribution >= 4 is 5.91 Å². The van der Waals surface area contributed by atoms with Crippen molar-refractivity contribution in [3.05, 3.63) is 65.0 Å². The number of carbonyl (C=O) groups is 1. The van der Waals surface area contributed by atoms with Gasteiger partial charge >= 0.3 is 0 Å². The van der Waals surface area contributed by atoms with Crippen LogP contribution in [0.4, 0.5) is 13.2 Å². The van der Waals surface area contributed by atoms with Gasteiger partial charge in [0.25, 0.3) is 5.91 Å². The van der Waals surface area contributed by atoms with Crippen LogP contribution in [0.3, 0.4) is 0 Å². The largest absolute Gasteiger partial charge is 0.488 e. The Kier molecular flexibility index (Phi) is 5.17. The summed E-state index contributed by atoms with van der Waals surface area (Å²) in [7, 11) is 0. The minimum absolute atomic E-state index is 0.0590. The SMILES string of the molecule is CC(C)(C)Oc1ccccc1CNC(=O)c1ccc(F)c(F)c1F. The Morgan fingerprint density at radius 1 is 1.04 bits per heavy atom. The highest BCUT2D eigenvalue weighted by Crippen LogP contribution is 2.23. The number of nitrogens with one attached hydrogen (secondary N) is 1. The van der Waals surface area contributed by atoms with Crippen molar-refractivity contribution in [2.24, 2.45) is 0 Å². The van der Waals surface area contributed by atoms with Crippen LogP contribution in [0, 0.1) is 17.5 Å². The molecule has 24 heavy (non-hydrogen) atoms. The Bertz CT molecular complexity index is 754. The monoisotopic (exact) mass is 337 g/mol. The smallest absolute Gasteiger partial charge is 0.254 e. The van der Waals surface area contributed by atoms with Crippen molar-refractivity contribution in [2.45, 2.75) is 32.9 Å². The van der Waals surface area contributed by atoms with E-state index in [-0.39, 0.29) is 6.54 Å². The molecule has 0 heterocycles. The van der Waals surface area contributed by atoms with E-state index in [1.54, 1.807) is 24.3 Å². The molecule has 6 heteroatoms. The Balaban J connectivity index is 2.14. The molecule has 128 valence electrons. The molecular formula is C18H18F3NO2. The number of halogens is 3. The Hall–Kier alpha value is -2.50. The van der Waals surface area contributed by atoms with Crippen LogP contribution < -0.4 is 10.1 Å². The molecular weight excluding hydrogens is 319 g/mol. The fourth-order valence-electron chi connectivity index (χ4n) is 2.05. The van der Waals surface area contributed by atoms with Crippen molar-refractivity contribution in [3.8, 4) is 5.75 Å². The summed E-state index contributed by atoms with van der Waals surface area (Å²) in [5.74, 6) is -4.77. The van der Waals surface area contributed by atoms with Crippen LogP contribution in [0.2, 0.25) is 0 Å². The van der Waals surface area contributed by atoms with E-state index in [2.05, 4.69) is 5.32 Å². The molecule has 0 aliphatic heterocycles. The van der Waals surface area contributed by atoms with E-state index in [0.29, 0.717) is 17.4 Å². The number of hydrogen-bond donors (Lipinski definition) is 1. The molecule has 0 fully saturated rings. The van der Waals surface area contributed by atoms with Crippen LogP contribution in [0.1, 0.15) is 36.7 Å².